The number of benzene rings is 1. The number of hydrogen-bond acceptors (Lipinski definition) is 5. The Morgan fingerprint density at radius 2 is 1.85 bits per heavy atom. The lowest BCUT2D eigenvalue weighted by Crippen LogP contribution is -2.41. The second-order valence-corrected chi connectivity index (χ2v) is 10.0. The summed E-state index contributed by atoms with van der Waals surface area (Å²) in [5.41, 5.74) is 2.23. The Morgan fingerprint density at radius 3 is 2.52 bits per heavy atom. The minimum Gasteiger partial charge on any atom is -0.422 e. The topological polar surface area (TPSA) is 88.4 Å². The van der Waals surface area contributed by atoms with Crippen LogP contribution in [-0.4, -0.2) is 26.3 Å². The molecule has 1 aromatic carbocycles. The van der Waals surface area contributed by atoms with Gasteiger partial charge in [-0.15, -0.1) is 0 Å². The summed E-state index contributed by atoms with van der Waals surface area (Å²) in [4.78, 5) is 11.4. The molecule has 0 saturated heterocycles. The molecule has 0 radical (unpaired) electrons. The van der Waals surface area contributed by atoms with Gasteiger partial charge in [-0.05, 0) is 76.1 Å². The third-order valence-electron chi connectivity index (χ3n) is 5.30. The maximum absolute atomic E-state index is 12.0. The fourth-order valence-electron chi connectivity index (χ4n) is 3.57. The molecule has 0 bridgehead atoms. The first kappa shape index (κ1) is 19.9. The van der Waals surface area contributed by atoms with Crippen LogP contribution in [0.2, 0.25) is 0 Å². The molecule has 6 nitrogen and oxygen atoms in total. The van der Waals surface area contributed by atoms with Gasteiger partial charge >= 0.3 is 5.63 Å². The second-order valence-electron chi connectivity index (χ2n) is 7.78. The molecule has 0 amide bonds. The van der Waals surface area contributed by atoms with Gasteiger partial charge in [0.05, 0.1) is 5.25 Å². The van der Waals surface area contributed by atoms with Crippen LogP contribution >= 0.6 is 0 Å². The van der Waals surface area contributed by atoms with Crippen molar-refractivity contribution in [3.05, 3.63) is 40.2 Å². The monoisotopic (exact) mass is 392 g/mol. The number of aryl methyl sites for hydroxylation is 1. The highest BCUT2D eigenvalue weighted by atomic mass is 32.2. The highest BCUT2D eigenvalue weighted by Gasteiger charge is 2.26. The fourth-order valence-corrected chi connectivity index (χ4v) is 4.55. The molecule has 2 aromatic rings. The van der Waals surface area contributed by atoms with E-state index < -0.39 is 15.3 Å². The molecule has 1 fully saturated rings. The molecule has 1 heterocycles. The zero-order chi connectivity index (χ0) is 19.6. The van der Waals surface area contributed by atoms with E-state index >= 15 is 0 Å². The molecule has 7 heteroatoms. The number of fused-ring (bicyclic) bond motifs is 1. The Bertz CT molecular complexity index is 958. The second kappa shape index (κ2) is 8.02. The summed E-state index contributed by atoms with van der Waals surface area (Å²) >= 11 is 0. The average Bonchev–Trinajstić information content (AvgIpc) is 2.61. The smallest absolute Gasteiger partial charge is 0.336 e. The first-order valence-electron chi connectivity index (χ1n) is 9.54. The van der Waals surface area contributed by atoms with Gasteiger partial charge in [0.2, 0.25) is 10.0 Å². The van der Waals surface area contributed by atoms with Gasteiger partial charge in [0.15, 0.2) is 0 Å². The van der Waals surface area contributed by atoms with E-state index in [4.69, 9.17) is 4.42 Å². The molecule has 1 aliphatic carbocycles. The van der Waals surface area contributed by atoms with Crippen LogP contribution in [0, 0.1) is 12.8 Å². The standard InChI is InChI=1S/C20H28N2O4S/c1-13(2)27(24,25)22-17-7-4-15(5-8-17)12-21-18-10-14(3)20-16(11-18)6-9-19(23)26-20/h6,9-11,13,15,17,21-22H,4-5,7-8,12H2,1-3H3/t15-,17-. The van der Waals surface area contributed by atoms with Gasteiger partial charge in [-0.1, -0.05) is 0 Å². The normalized spacial score (nSPS) is 20.9. The Hall–Kier alpha value is -1.86. The average molecular weight is 393 g/mol. The van der Waals surface area contributed by atoms with Crippen LogP contribution in [0.25, 0.3) is 11.0 Å². The first-order valence-corrected chi connectivity index (χ1v) is 11.1. The zero-order valence-corrected chi connectivity index (χ0v) is 16.9. The lowest BCUT2D eigenvalue weighted by Gasteiger charge is -2.29. The molecular weight excluding hydrogens is 364 g/mol. The number of hydrogen-bond donors (Lipinski definition) is 2. The molecule has 1 aromatic heterocycles. The first-order chi connectivity index (χ1) is 12.7. The summed E-state index contributed by atoms with van der Waals surface area (Å²) in [5, 5.41) is 4.00. The van der Waals surface area contributed by atoms with Crippen LogP contribution in [0.3, 0.4) is 0 Å². The predicted molar refractivity (Wildman–Crippen MR) is 109 cm³/mol. The molecule has 27 heavy (non-hydrogen) atoms. The van der Waals surface area contributed by atoms with E-state index in [2.05, 4.69) is 10.0 Å². The maximum Gasteiger partial charge on any atom is 0.336 e. The van der Waals surface area contributed by atoms with Gasteiger partial charge in [-0.25, -0.2) is 17.9 Å². The summed E-state index contributed by atoms with van der Waals surface area (Å²) < 4.78 is 32.1. The van der Waals surface area contributed by atoms with Crippen LogP contribution < -0.4 is 15.7 Å². The number of anilines is 1. The van der Waals surface area contributed by atoms with Crippen molar-refractivity contribution >= 4 is 26.7 Å². The summed E-state index contributed by atoms with van der Waals surface area (Å²) in [6.45, 7) is 6.19. The highest BCUT2D eigenvalue weighted by molar-refractivity contribution is 7.90. The Kier molecular flexibility index (Phi) is 5.91. The van der Waals surface area contributed by atoms with Crippen molar-refractivity contribution in [3.8, 4) is 0 Å². The summed E-state index contributed by atoms with van der Waals surface area (Å²) in [5.74, 6) is 0.523. The van der Waals surface area contributed by atoms with E-state index in [0.717, 1.165) is 48.9 Å². The van der Waals surface area contributed by atoms with Crippen LogP contribution in [0.1, 0.15) is 45.1 Å². The molecule has 0 spiro atoms. The highest BCUT2D eigenvalue weighted by Crippen LogP contribution is 2.27. The van der Waals surface area contributed by atoms with E-state index in [1.165, 1.54) is 6.07 Å². The Morgan fingerprint density at radius 1 is 1.15 bits per heavy atom. The van der Waals surface area contributed by atoms with Gasteiger partial charge in [0.1, 0.15) is 5.58 Å². The van der Waals surface area contributed by atoms with Gasteiger partial charge < -0.3 is 9.73 Å². The minimum atomic E-state index is -3.20. The molecule has 0 unspecified atom stereocenters. The molecule has 0 aliphatic heterocycles. The van der Waals surface area contributed by atoms with Crippen molar-refractivity contribution in [1.82, 2.24) is 4.72 Å². The van der Waals surface area contributed by atoms with Gasteiger partial charge in [0.25, 0.3) is 0 Å². The SMILES string of the molecule is Cc1cc(NC[C@H]2CC[C@H](NS(=O)(=O)C(C)C)CC2)cc2ccc(=O)oc12. The number of rotatable bonds is 6. The van der Waals surface area contributed by atoms with E-state index in [-0.39, 0.29) is 11.7 Å². The van der Waals surface area contributed by atoms with Crippen molar-refractivity contribution in [2.45, 2.75) is 57.7 Å². The lowest BCUT2D eigenvalue weighted by atomic mass is 9.86. The summed E-state index contributed by atoms with van der Waals surface area (Å²) in [6.07, 6.45) is 3.75. The molecule has 1 saturated carbocycles. The van der Waals surface area contributed by atoms with Crippen molar-refractivity contribution in [1.29, 1.82) is 0 Å². The van der Waals surface area contributed by atoms with Crippen molar-refractivity contribution < 1.29 is 12.8 Å². The van der Waals surface area contributed by atoms with Gasteiger partial charge in [-0.2, -0.15) is 0 Å². The predicted octanol–water partition coefficient (Wildman–Crippen LogP) is 3.40. The molecule has 1 aliphatic rings. The largest absolute Gasteiger partial charge is 0.422 e. The van der Waals surface area contributed by atoms with Crippen LogP contribution in [-0.2, 0) is 10.0 Å². The Labute approximate surface area is 160 Å². The third-order valence-corrected chi connectivity index (χ3v) is 7.20. The van der Waals surface area contributed by atoms with Crippen molar-refractivity contribution in [3.63, 3.8) is 0 Å². The molecule has 0 atom stereocenters. The third kappa shape index (κ3) is 4.90. The fraction of sp³-hybridized carbons (Fsp3) is 0.550. The summed E-state index contributed by atoms with van der Waals surface area (Å²) in [6, 6.07) is 7.26. The van der Waals surface area contributed by atoms with E-state index in [1.54, 1.807) is 19.9 Å². The van der Waals surface area contributed by atoms with Crippen LogP contribution in [0.5, 0.6) is 0 Å². The van der Waals surface area contributed by atoms with E-state index in [0.29, 0.717) is 11.5 Å². The molecular formula is C20H28N2O4S. The van der Waals surface area contributed by atoms with Gasteiger partial charge in [-0.3, -0.25) is 0 Å². The number of nitrogens with one attached hydrogen (secondary N) is 2. The molecule has 148 valence electrons. The van der Waals surface area contributed by atoms with Crippen LogP contribution in [0.4, 0.5) is 5.69 Å². The molecule has 2 N–H and O–H groups in total. The van der Waals surface area contributed by atoms with Crippen molar-refractivity contribution in [2.24, 2.45) is 5.92 Å². The van der Waals surface area contributed by atoms with Crippen molar-refractivity contribution in [2.75, 3.05) is 11.9 Å². The maximum atomic E-state index is 12.0. The zero-order valence-electron chi connectivity index (χ0n) is 16.1. The summed E-state index contributed by atoms with van der Waals surface area (Å²) in [7, 11) is -3.20. The minimum absolute atomic E-state index is 0.0551. The Balaban J connectivity index is 1.55. The number of sulfonamides is 1. The molecule has 3 rings (SSSR count). The van der Waals surface area contributed by atoms with E-state index in [1.807, 2.05) is 19.1 Å². The quantitative estimate of drug-likeness (QED) is 0.736. The lowest BCUT2D eigenvalue weighted by molar-refractivity contribution is 0.323. The van der Waals surface area contributed by atoms with Crippen LogP contribution in [0.15, 0.2) is 33.5 Å². The van der Waals surface area contributed by atoms with E-state index in [9.17, 15) is 13.2 Å². The van der Waals surface area contributed by atoms with Gasteiger partial charge in [0, 0.05) is 29.7 Å².